The van der Waals surface area contributed by atoms with Crippen molar-refractivity contribution in [3.05, 3.63) is 128 Å². The van der Waals surface area contributed by atoms with Gasteiger partial charge in [0.1, 0.15) is 11.8 Å². The Morgan fingerprint density at radius 1 is 0.827 bits per heavy atom. The van der Waals surface area contributed by atoms with Crippen LogP contribution >= 0.6 is 15.9 Å². The number of hydrogen-bond acceptors (Lipinski definition) is 7. The van der Waals surface area contributed by atoms with Crippen LogP contribution in [0.1, 0.15) is 92.5 Å². The molecule has 4 aliphatic rings. The second-order valence-electron chi connectivity index (χ2n) is 14.6. The Morgan fingerprint density at radius 2 is 1.58 bits per heavy atom. The number of nitrogens with zero attached hydrogens (tertiary/aromatic N) is 3. The third-order valence-corrected chi connectivity index (χ3v) is 12.1. The minimum Gasteiger partial charge on any atom is -0.508 e. The number of phenolic OH excluding ortho intramolecular Hbond substituents is 1. The Morgan fingerprint density at radius 3 is 2.31 bits per heavy atom. The molecule has 0 aromatic heterocycles. The van der Waals surface area contributed by atoms with Crippen molar-refractivity contribution in [3.8, 4) is 5.75 Å². The lowest BCUT2D eigenvalue weighted by Gasteiger charge is -2.38. The summed E-state index contributed by atoms with van der Waals surface area (Å²) in [5.74, 6) is -1.11. The first-order valence-corrected chi connectivity index (χ1v) is 18.9. The molecule has 9 nitrogen and oxygen atoms in total. The number of amides is 4. The van der Waals surface area contributed by atoms with Crippen LogP contribution in [0.4, 0.5) is 5.69 Å². The van der Waals surface area contributed by atoms with E-state index in [1.54, 1.807) is 6.07 Å². The predicted molar refractivity (Wildman–Crippen MR) is 201 cm³/mol. The van der Waals surface area contributed by atoms with Gasteiger partial charge in [-0.2, -0.15) is 0 Å². The van der Waals surface area contributed by atoms with E-state index in [1.165, 1.54) is 27.9 Å². The molecule has 3 heterocycles. The molecule has 3 atom stereocenters. The molecule has 8 rings (SSSR count). The Bertz CT molecular complexity index is 2060. The van der Waals surface area contributed by atoms with Crippen molar-refractivity contribution < 1.29 is 24.3 Å². The Kier molecular flexibility index (Phi) is 9.21. The number of imide groups is 2. The maximum absolute atomic E-state index is 13.4. The van der Waals surface area contributed by atoms with Crippen LogP contribution in [0.15, 0.2) is 89.4 Å². The Hall–Kier alpha value is -4.80. The van der Waals surface area contributed by atoms with Crippen molar-refractivity contribution in [1.82, 2.24) is 15.1 Å². The van der Waals surface area contributed by atoms with E-state index < -0.39 is 29.7 Å². The molecule has 0 radical (unpaired) electrons. The number of anilines is 1. The number of piperidine rings is 2. The van der Waals surface area contributed by atoms with Crippen molar-refractivity contribution in [2.24, 2.45) is 0 Å². The fraction of sp³-hybridized carbons (Fsp3) is 0.333. The van der Waals surface area contributed by atoms with Gasteiger partial charge in [0.05, 0.1) is 11.1 Å². The van der Waals surface area contributed by atoms with Gasteiger partial charge in [0.2, 0.25) is 11.8 Å². The fourth-order valence-electron chi connectivity index (χ4n) is 8.85. The summed E-state index contributed by atoms with van der Waals surface area (Å²) in [4.78, 5) is 56.7. The predicted octanol–water partition coefficient (Wildman–Crippen LogP) is 6.52. The average Bonchev–Trinajstić information content (AvgIpc) is 3.40. The number of hydrogen-bond donors (Lipinski definition) is 2. The van der Waals surface area contributed by atoms with Crippen LogP contribution in [-0.4, -0.2) is 70.8 Å². The third kappa shape index (κ3) is 6.32. The zero-order valence-electron chi connectivity index (χ0n) is 29.1. The van der Waals surface area contributed by atoms with Gasteiger partial charge in [0.15, 0.2) is 0 Å². The van der Waals surface area contributed by atoms with Gasteiger partial charge < -0.3 is 10.0 Å². The SMILES string of the molecule is CN(Cc1cc(Br)c2c(c1)C(=O)N(C1CCC(=O)NC1=O)C2=O)C1CCN(c2ccc([C@@H]3c4ccc(O)cc4CC[C@@H]3c3ccccc3)cc2)CC1. The van der Waals surface area contributed by atoms with Gasteiger partial charge in [0.25, 0.3) is 11.8 Å². The first kappa shape index (κ1) is 34.3. The summed E-state index contributed by atoms with van der Waals surface area (Å²) in [6, 6.07) is 28.7. The van der Waals surface area contributed by atoms with Gasteiger partial charge >= 0.3 is 0 Å². The third-order valence-electron chi connectivity index (χ3n) is 11.5. The number of fused-ring (bicyclic) bond motifs is 2. The van der Waals surface area contributed by atoms with E-state index in [4.69, 9.17) is 0 Å². The second kappa shape index (κ2) is 14.0. The minimum atomic E-state index is -0.991. The molecule has 3 aliphatic heterocycles. The molecule has 266 valence electrons. The number of carbonyl (C=O) groups is 4. The number of phenols is 1. The van der Waals surface area contributed by atoms with Crippen molar-refractivity contribution >= 4 is 45.2 Å². The molecule has 0 saturated carbocycles. The maximum Gasteiger partial charge on any atom is 0.263 e. The summed E-state index contributed by atoms with van der Waals surface area (Å²) in [5.41, 5.74) is 7.85. The van der Waals surface area contributed by atoms with Crippen molar-refractivity contribution in [2.75, 3.05) is 25.0 Å². The zero-order valence-corrected chi connectivity index (χ0v) is 30.6. The lowest BCUT2D eigenvalue weighted by Crippen LogP contribution is -2.54. The summed E-state index contributed by atoms with van der Waals surface area (Å²) < 4.78 is 0.532. The van der Waals surface area contributed by atoms with Crippen LogP contribution < -0.4 is 10.2 Å². The highest BCUT2D eigenvalue weighted by Crippen LogP contribution is 2.47. The number of aromatic hydroxyl groups is 1. The molecule has 1 unspecified atom stereocenters. The molecule has 4 aromatic rings. The maximum atomic E-state index is 13.4. The number of carbonyl (C=O) groups excluding carboxylic acids is 4. The van der Waals surface area contributed by atoms with Crippen LogP contribution in [0, 0.1) is 0 Å². The number of halogens is 1. The zero-order chi connectivity index (χ0) is 36.1. The van der Waals surface area contributed by atoms with Crippen molar-refractivity contribution in [2.45, 2.75) is 69.0 Å². The van der Waals surface area contributed by atoms with Crippen molar-refractivity contribution in [1.29, 1.82) is 0 Å². The Balaban J connectivity index is 0.927. The number of nitrogens with one attached hydrogen (secondary N) is 1. The van der Waals surface area contributed by atoms with Crippen LogP contribution in [0.5, 0.6) is 5.75 Å². The van der Waals surface area contributed by atoms with E-state index in [9.17, 15) is 24.3 Å². The molecular formula is C42H41BrN4O5. The van der Waals surface area contributed by atoms with E-state index in [2.05, 4.69) is 98.8 Å². The fourth-order valence-corrected chi connectivity index (χ4v) is 9.52. The van der Waals surface area contributed by atoms with Crippen molar-refractivity contribution in [3.63, 3.8) is 0 Å². The van der Waals surface area contributed by atoms with Gasteiger partial charge in [-0.25, -0.2) is 0 Å². The summed E-state index contributed by atoms with van der Waals surface area (Å²) in [6.45, 7) is 2.46. The standard InChI is InChI=1S/C42H41BrN4O5/c1-45(24-25-21-34-39(35(43)22-25)42(52)47(41(34)51)36-15-16-37(49)44-40(36)50)29-17-19-46(20-18-29)30-10-7-27(8-11-30)38-32(26-5-3-2-4-6-26)13-9-28-23-31(48)12-14-33(28)38/h2-8,10-12,14,21-23,29,32,36,38,48H,9,13,15-20,24H2,1H3,(H,44,49,50)/t32-,36?,38+/m1/s1. The van der Waals surface area contributed by atoms with E-state index in [0.717, 1.165) is 49.2 Å². The molecule has 4 amide bonds. The summed E-state index contributed by atoms with van der Waals surface area (Å²) >= 11 is 3.53. The van der Waals surface area contributed by atoms with Crippen LogP contribution in [0.2, 0.25) is 0 Å². The molecule has 52 heavy (non-hydrogen) atoms. The highest BCUT2D eigenvalue weighted by atomic mass is 79.9. The molecule has 4 aromatic carbocycles. The normalized spacial score (nSPS) is 22.1. The van der Waals surface area contributed by atoms with E-state index in [1.807, 2.05) is 18.2 Å². The van der Waals surface area contributed by atoms with Crippen LogP contribution in [-0.2, 0) is 22.6 Å². The quantitative estimate of drug-likeness (QED) is 0.207. The highest BCUT2D eigenvalue weighted by molar-refractivity contribution is 9.10. The molecule has 0 bridgehead atoms. The second-order valence-corrected chi connectivity index (χ2v) is 15.4. The van der Waals surface area contributed by atoms with Gasteiger partial charge in [-0.15, -0.1) is 0 Å². The van der Waals surface area contributed by atoms with Gasteiger partial charge in [-0.3, -0.25) is 34.3 Å². The van der Waals surface area contributed by atoms with Gasteiger partial charge in [-0.1, -0.05) is 48.5 Å². The highest BCUT2D eigenvalue weighted by Gasteiger charge is 2.45. The van der Waals surface area contributed by atoms with Crippen LogP contribution in [0.3, 0.4) is 0 Å². The molecule has 2 N–H and O–H groups in total. The topological polar surface area (TPSA) is 110 Å². The van der Waals surface area contributed by atoms with E-state index in [0.29, 0.717) is 28.7 Å². The molecule has 2 fully saturated rings. The molecule has 10 heteroatoms. The summed E-state index contributed by atoms with van der Waals surface area (Å²) in [5, 5.41) is 12.5. The van der Waals surface area contributed by atoms with Gasteiger partial charge in [0, 0.05) is 48.2 Å². The number of aryl methyl sites for hydroxylation is 1. The van der Waals surface area contributed by atoms with Gasteiger partial charge in [-0.05, 0) is 125 Å². The van der Waals surface area contributed by atoms with Crippen LogP contribution in [0.25, 0.3) is 0 Å². The smallest absolute Gasteiger partial charge is 0.263 e. The molecule has 1 aliphatic carbocycles. The molecule has 2 saturated heterocycles. The monoisotopic (exact) mass is 760 g/mol. The Labute approximate surface area is 311 Å². The molecule has 0 spiro atoms. The summed E-state index contributed by atoms with van der Waals surface area (Å²) in [7, 11) is 2.10. The minimum absolute atomic E-state index is 0.0859. The molecular weight excluding hydrogens is 720 g/mol. The largest absolute Gasteiger partial charge is 0.508 e. The first-order valence-electron chi connectivity index (χ1n) is 18.1. The van der Waals surface area contributed by atoms with E-state index >= 15 is 0 Å². The average molecular weight is 762 g/mol. The number of rotatable bonds is 7. The summed E-state index contributed by atoms with van der Waals surface area (Å²) in [6.07, 6.45) is 4.17. The lowest BCUT2D eigenvalue weighted by molar-refractivity contribution is -0.136. The number of benzene rings is 4. The van der Waals surface area contributed by atoms with E-state index in [-0.39, 0.29) is 29.9 Å². The lowest BCUT2D eigenvalue weighted by atomic mass is 9.69. The first-order chi connectivity index (χ1) is 25.2.